The molecule has 1 unspecified atom stereocenters. The van der Waals surface area contributed by atoms with Crippen LogP contribution >= 0.6 is 0 Å². The average molecular weight is 442 g/mol. The van der Waals surface area contributed by atoms with Crippen LogP contribution in [0.3, 0.4) is 0 Å². The van der Waals surface area contributed by atoms with Crippen LogP contribution in [0, 0.1) is 5.82 Å². The lowest BCUT2D eigenvalue weighted by molar-refractivity contribution is 0.0814. The van der Waals surface area contributed by atoms with Gasteiger partial charge in [0.05, 0.1) is 6.17 Å². The maximum atomic E-state index is 14.3. The summed E-state index contributed by atoms with van der Waals surface area (Å²) >= 11 is 0. The van der Waals surface area contributed by atoms with E-state index in [1.165, 1.54) is 43.0 Å². The largest absolute Gasteiger partial charge is 0.298 e. The van der Waals surface area contributed by atoms with Crippen molar-refractivity contribution in [3.05, 3.63) is 72.3 Å². The molecule has 0 amide bonds. The van der Waals surface area contributed by atoms with Crippen LogP contribution in [0.5, 0.6) is 0 Å². The quantitative estimate of drug-likeness (QED) is 0.593. The molecule has 0 radical (unpaired) electrons. The topological polar surface area (TPSA) is 35.5 Å². The van der Waals surface area contributed by atoms with Crippen LogP contribution in [0.4, 0.5) is 16.0 Å². The number of anilines is 2. The van der Waals surface area contributed by atoms with Crippen LogP contribution in [0.2, 0.25) is 0 Å². The second-order valence-electron chi connectivity index (χ2n) is 9.97. The number of aromatic nitrogens is 2. The van der Waals surface area contributed by atoms with Gasteiger partial charge in [-0.15, -0.1) is 0 Å². The lowest BCUT2D eigenvalue weighted by atomic mass is 9.94. The minimum Gasteiger partial charge on any atom is -0.298 e. The van der Waals surface area contributed by atoms with Crippen LogP contribution in [0.25, 0.3) is 11.1 Å². The molecule has 168 valence electrons. The van der Waals surface area contributed by atoms with Gasteiger partial charge in [-0.25, -0.2) is 14.4 Å². The fourth-order valence-electron chi connectivity index (χ4n) is 6.08. The van der Waals surface area contributed by atoms with Gasteiger partial charge in [-0.3, -0.25) is 14.7 Å². The van der Waals surface area contributed by atoms with Crippen molar-refractivity contribution in [2.75, 3.05) is 31.1 Å². The van der Waals surface area contributed by atoms with E-state index in [1.807, 2.05) is 6.07 Å². The van der Waals surface area contributed by atoms with Crippen molar-refractivity contribution in [3.8, 4) is 11.1 Å². The van der Waals surface area contributed by atoms with Gasteiger partial charge in [0.2, 0.25) is 5.95 Å². The highest BCUT2D eigenvalue weighted by atomic mass is 19.1. The van der Waals surface area contributed by atoms with Gasteiger partial charge >= 0.3 is 0 Å². The second-order valence-corrected chi connectivity index (χ2v) is 9.97. The predicted octanol–water partition coefficient (Wildman–Crippen LogP) is 4.57. The number of hydrogen-bond donors (Lipinski definition) is 0. The minimum absolute atomic E-state index is 0.173. The SMILES string of the molecule is Fc1ccccc1-c1cnc(N2c3ccccc3C3(CC3)C2N2CCN(C3CC3)CC2)nc1. The summed E-state index contributed by atoms with van der Waals surface area (Å²) in [7, 11) is 0. The summed E-state index contributed by atoms with van der Waals surface area (Å²) in [6, 6.07) is 16.4. The van der Waals surface area contributed by atoms with Crippen molar-refractivity contribution in [2.45, 2.75) is 43.3 Å². The zero-order valence-corrected chi connectivity index (χ0v) is 18.7. The van der Waals surface area contributed by atoms with E-state index in [-0.39, 0.29) is 17.4 Å². The minimum atomic E-state index is -0.247. The molecule has 2 saturated carbocycles. The normalized spacial score (nSPS) is 24.3. The van der Waals surface area contributed by atoms with E-state index in [1.54, 1.807) is 24.5 Å². The van der Waals surface area contributed by atoms with E-state index in [9.17, 15) is 4.39 Å². The Morgan fingerprint density at radius 3 is 2.18 bits per heavy atom. The highest BCUT2D eigenvalue weighted by molar-refractivity contribution is 5.73. The molecule has 5 nitrogen and oxygen atoms in total. The Hall–Kier alpha value is -2.83. The van der Waals surface area contributed by atoms with E-state index < -0.39 is 0 Å². The molecule has 1 atom stereocenters. The van der Waals surface area contributed by atoms with Gasteiger partial charge in [-0.1, -0.05) is 36.4 Å². The number of rotatable bonds is 4. The van der Waals surface area contributed by atoms with Crippen molar-refractivity contribution < 1.29 is 4.39 Å². The summed E-state index contributed by atoms with van der Waals surface area (Å²) in [6.45, 7) is 4.46. The molecule has 6 heteroatoms. The van der Waals surface area contributed by atoms with Crippen LogP contribution in [0.15, 0.2) is 60.9 Å². The monoisotopic (exact) mass is 441 g/mol. The van der Waals surface area contributed by atoms with Gasteiger partial charge in [0, 0.05) is 66.8 Å². The molecule has 4 aliphatic rings. The molecular formula is C27H28FN5. The Kier molecular flexibility index (Phi) is 4.36. The van der Waals surface area contributed by atoms with E-state index in [0.717, 1.165) is 32.2 Å². The van der Waals surface area contributed by atoms with Crippen molar-refractivity contribution in [1.29, 1.82) is 0 Å². The summed E-state index contributed by atoms with van der Waals surface area (Å²) < 4.78 is 14.3. The summed E-state index contributed by atoms with van der Waals surface area (Å²) in [6.07, 6.45) is 8.94. The molecule has 2 aromatic carbocycles. The molecule has 0 N–H and O–H groups in total. The van der Waals surface area contributed by atoms with Gasteiger partial charge in [0.25, 0.3) is 0 Å². The zero-order valence-electron chi connectivity index (χ0n) is 18.7. The first-order chi connectivity index (χ1) is 16.2. The molecular weight excluding hydrogens is 413 g/mol. The first kappa shape index (κ1) is 19.6. The Balaban J connectivity index is 1.25. The van der Waals surface area contributed by atoms with Gasteiger partial charge in [-0.2, -0.15) is 0 Å². The van der Waals surface area contributed by atoms with Crippen LogP contribution < -0.4 is 4.90 Å². The van der Waals surface area contributed by atoms with Crippen molar-refractivity contribution in [3.63, 3.8) is 0 Å². The number of halogens is 1. The van der Waals surface area contributed by atoms with E-state index in [0.29, 0.717) is 17.1 Å². The summed E-state index contributed by atoms with van der Waals surface area (Å²) in [5.74, 6) is 0.463. The zero-order chi connectivity index (χ0) is 22.0. The maximum absolute atomic E-state index is 14.3. The first-order valence-electron chi connectivity index (χ1n) is 12.2. The number of hydrogen-bond acceptors (Lipinski definition) is 5. The molecule has 0 bridgehead atoms. The number of benzene rings is 2. The van der Waals surface area contributed by atoms with Crippen LogP contribution in [0.1, 0.15) is 31.2 Å². The first-order valence-corrected chi connectivity index (χ1v) is 12.2. The summed E-state index contributed by atoms with van der Waals surface area (Å²) in [5.41, 5.74) is 4.08. The summed E-state index contributed by atoms with van der Waals surface area (Å²) in [5, 5.41) is 0. The molecule has 1 spiro atoms. The second kappa shape index (κ2) is 7.34. The molecule has 2 aliphatic heterocycles. The van der Waals surface area contributed by atoms with E-state index in [2.05, 4.69) is 39.0 Å². The molecule has 2 aliphatic carbocycles. The molecule has 1 aromatic heterocycles. The van der Waals surface area contributed by atoms with Gasteiger partial charge in [0.15, 0.2) is 0 Å². The Morgan fingerprint density at radius 2 is 1.48 bits per heavy atom. The standard InChI is InChI=1S/C27H28FN5/c28-23-7-3-1-5-21(23)19-17-29-26(30-18-19)33-24-8-4-2-6-22(24)27(11-12-27)25(33)32-15-13-31(14-16-32)20-9-10-20/h1-8,17-18,20,25H,9-16H2. The molecule has 33 heavy (non-hydrogen) atoms. The highest BCUT2D eigenvalue weighted by Crippen LogP contribution is 2.62. The van der Waals surface area contributed by atoms with Crippen molar-refractivity contribution in [2.24, 2.45) is 0 Å². The van der Waals surface area contributed by atoms with Gasteiger partial charge in [-0.05, 0) is 43.4 Å². The third-order valence-electron chi connectivity index (χ3n) is 8.02. The maximum Gasteiger partial charge on any atom is 0.231 e. The molecule has 7 rings (SSSR count). The Labute approximate surface area is 193 Å². The Morgan fingerprint density at radius 1 is 0.818 bits per heavy atom. The van der Waals surface area contributed by atoms with Crippen molar-refractivity contribution in [1.82, 2.24) is 19.8 Å². The van der Waals surface area contributed by atoms with Crippen LogP contribution in [-0.2, 0) is 5.41 Å². The number of piperazine rings is 1. The fraction of sp³-hybridized carbons (Fsp3) is 0.407. The number of fused-ring (bicyclic) bond motifs is 2. The van der Waals surface area contributed by atoms with Gasteiger partial charge in [0.1, 0.15) is 5.82 Å². The van der Waals surface area contributed by atoms with Crippen LogP contribution in [-0.4, -0.2) is 58.2 Å². The van der Waals surface area contributed by atoms with Gasteiger partial charge < -0.3 is 0 Å². The number of nitrogens with zero attached hydrogens (tertiary/aromatic N) is 5. The van der Waals surface area contributed by atoms with E-state index in [4.69, 9.17) is 9.97 Å². The molecule has 1 saturated heterocycles. The number of para-hydroxylation sites is 1. The van der Waals surface area contributed by atoms with E-state index >= 15 is 0 Å². The highest BCUT2D eigenvalue weighted by Gasteiger charge is 2.61. The lowest BCUT2D eigenvalue weighted by Crippen LogP contribution is -2.57. The average Bonchev–Trinajstić information content (AvgIpc) is 3.78. The lowest BCUT2D eigenvalue weighted by Gasteiger charge is -2.43. The summed E-state index contributed by atoms with van der Waals surface area (Å²) in [4.78, 5) is 17.3. The molecule has 3 aromatic rings. The molecule has 3 fully saturated rings. The smallest absolute Gasteiger partial charge is 0.231 e. The third kappa shape index (κ3) is 3.11. The predicted molar refractivity (Wildman–Crippen MR) is 127 cm³/mol. The fourth-order valence-corrected chi connectivity index (χ4v) is 6.08. The Bertz CT molecular complexity index is 1180. The molecule has 3 heterocycles. The third-order valence-corrected chi connectivity index (χ3v) is 8.02. The van der Waals surface area contributed by atoms with Crippen molar-refractivity contribution >= 4 is 11.6 Å².